The van der Waals surface area contributed by atoms with Crippen LogP contribution < -0.4 is 4.74 Å². The van der Waals surface area contributed by atoms with Gasteiger partial charge in [-0.2, -0.15) is 4.98 Å². The molecular formula is C15H20ClN3O2. The number of aryl methyl sites for hydroxylation is 1. The van der Waals surface area contributed by atoms with Crippen molar-refractivity contribution in [3.8, 4) is 5.75 Å². The number of halogens is 1. The summed E-state index contributed by atoms with van der Waals surface area (Å²) in [5, 5.41) is 4.62. The maximum absolute atomic E-state index is 5.83. The second-order valence-electron chi connectivity index (χ2n) is 4.86. The Balaban J connectivity index is 1.80. The largest absolute Gasteiger partial charge is 0.492 e. The minimum absolute atomic E-state index is 0.0617. The highest BCUT2D eigenvalue weighted by Crippen LogP contribution is 2.18. The first-order chi connectivity index (χ1) is 10.1. The van der Waals surface area contributed by atoms with E-state index in [1.807, 2.05) is 45.2 Å². The lowest BCUT2D eigenvalue weighted by Gasteiger charge is -2.21. The van der Waals surface area contributed by atoms with Crippen molar-refractivity contribution in [2.75, 3.05) is 20.2 Å². The molecule has 0 fully saturated rings. The van der Waals surface area contributed by atoms with Crippen LogP contribution in [-0.2, 0) is 6.42 Å². The smallest absolute Gasteiger partial charge is 0.243 e. The zero-order valence-electron chi connectivity index (χ0n) is 12.5. The van der Waals surface area contributed by atoms with E-state index in [0.717, 1.165) is 24.5 Å². The van der Waals surface area contributed by atoms with Crippen molar-refractivity contribution < 1.29 is 9.26 Å². The summed E-state index contributed by atoms with van der Waals surface area (Å²) in [6.45, 7) is 5.38. The zero-order chi connectivity index (χ0) is 15.2. The van der Waals surface area contributed by atoms with Crippen LogP contribution in [0.4, 0.5) is 0 Å². The minimum atomic E-state index is 0.0617. The second-order valence-corrected chi connectivity index (χ2v) is 5.30. The Morgan fingerprint density at radius 1 is 1.33 bits per heavy atom. The summed E-state index contributed by atoms with van der Waals surface area (Å²) in [5.74, 6) is 2.19. The van der Waals surface area contributed by atoms with Crippen LogP contribution in [0.5, 0.6) is 5.75 Å². The molecule has 1 heterocycles. The molecule has 2 rings (SSSR count). The van der Waals surface area contributed by atoms with E-state index in [4.69, 9.17) is 20.9 Å². The Kier molecular flexibility index (Phi) is 5.59. The normalized spacial score (nSPS) is 12.6. The number of hydrogen-bond donors (Lipinski definition) is 0. The molecule has 0 N–H and O–H groups in total. The fourth-order valence-electron chi connectivity index (χ4n) is 1.80. The summed E-state index contributed by atoms with van der Waals surface area (Å²) in [6.07, 6.45) is 0.777. The predicted octanol–water partition coefficient (Wildman–Crippen LogP) is 3.36. The molecule has 0 saturated heterocycles. The molecule has 0 saturated carbocycles. The summed E-state index contributed by atoms with van der Waals surface area (Å²) in [4.78, 5) is 6.46. The van der Waals surface area contributed by atoms with E-state index >= 15 is 0 Å². The molecule has 0 aliphatic heterocycles. The van der Waals surface area contributed by atoms with Gasteiger partial charge >= 0.3 is 0 Å². The quantitative estimate of drug-likeness (QED) is 0.785. The summed E-state index contributed by atoms with van der Waals surface area (Å²) in [7, 11) is 2.01. The third-order valence-corrected chi connectivity index (χ3v) is 3.60. The number of aromatic nitrogens is 2. The Labute approximate surface area is 129 Å². The number of nitrogens with zero attached hydrogens (tertiary/aromatic N) is 3. The summed E-state index contributed by atoms with van der Waals surface area (Å²) < 4.78 is 10.9. The SMILES string of the molecule is CCc1noc([C@@H](C)N(C)CCOc2ccc(Cl)cc2)n1. The second kappa shape index (κ2) is 7.43. The number of hydrogen-bond acceptors (Lipinski definition) is 5. The van der Waals surface area contributed by atoms with Gasteiger partial charge in [0.25, 0.3) is 0 Å². The van der Waals surface area contributed by atoms with Crippen LogP contribution in [0, 0.1) is 0 Å². The van der Waals surface area contributed by atoms with Gasteiger partial charge in [0.05, 0.1) is 6.04 Å². The highest BCUT2D eigenvalue weighted by Gasteiger charge is 2.18. The van der Waals surface area contributed by atoms with Crippen molar-refractivity contribution in [1.82, 2.24) is 15.0 Å². The molecule has 0 spiro atoms. The van der Waals surface area contributed by atoms with Crippen LogP contribution in [0.25, 0.3) is 0 Å². The third kappa shape index (κ3) is 4.44. The Hall–Kier alpha value is -1.59. The summed E-state index contributed by atoms with van der Waals surface area (Å²) in [5.41, 5.74) is 0. The van der Waals surface area contributed by atoms with Gasteiger partial charge in [0.1, 0.15) is 12.4 Å². The molecule has 2 aromatic rings. The van der Waals surface area contributed by atoms with Gasteiger partial charge in [-0.05, 0) is 38.2 Å². The third-order valence-electron chi connectivity index (χ3n) is 3.34. The molecule has 0 amide bonds. The number of rotatable bonds is 7. The molecule has 0 aliphatic carbocycles. The molecule has 5 nitrogen and oxygen atoms in total. The number of likely N-dealkylation sites (N-methyl/N-ethyl adjacent to an activating group) is 1. The average molecular weight is 310 g/mol. The van der Waals surface area contributed by atoms with Gasteiger partial charge in [-0.1, -0.05) is 23.7 Å². The van der Waals surface area contributed by atoms with E-state index in [9.17, 15) is 0 Å². The molecule has 6 heteroatoms. The lowest BCUT2D eigenvalue weighted by molar-refractivity contribution is 0.174. The van der Waals surface area contributed by atoms with Gasteiger partial charge in [-0.25, -0.2) is 0 Å². The van der Waals surface area contributed by atoms with Crippen LogP contribution in [0.2, 0.25) is 5.02 Å². The topological polar surface area (TPSA) is 51.4 Å². The van der Waals surface area contributed by atoms with E-state index in [1.165, 1.54) is 0 Å². The molecule has 0 unspecified atom stereocenters. The molecule has 1 atom stereocenters. The van der Waals surface area contributed by atoms with Gasteiger partial charge in [-0.15, -0.1) is 0 Å². The van der Waals surface area contributed by atoms with Gasteiger partial charge in [0.2, 0.25) is 5.89 Å². The first-order valence-electron chi connectivity index (χ1n) is 7.01. The van der Waals surface area contributed by atoms with Gasteiger partial charge < -0.3 is 9.26 Å². The van der Waals surface area contributed by atoms with Crippen LogP contribution in [0.1, 0.15) is 31.6 Å². The van der Waals surface area contributed by atoms with Crippen molar-refractivity contribution in [1.29, 1.82) is 0 Å². The van der Waals surface area contributed by atoms with E-state index in [0.29, 0.717) is 17.5 Å². The van der Waals surface area contributed by atoms with E-state index in [-0.39, 0.29) is 6.04 Å². The average Bonchev–Trinajstić information content (AvgIpc) is 2.97. The van der Waals surface area contributed by atoms with Crippen LogP contribution in [0.3, 0.4) is 0 Å². The lowest BCUT2D eigenvalue weighted by atomic mass is 10.3. The monoisotopic (exact) mass is 309 g/mol. The Morgan fingerprint density at radius 3 is 2.67 bits per heavy atom. The Bertz CT molecular complexity index is 556. The van der Waals surface area contributed by atoms with E-state index < -0.39 is 0 Å². The molecule has 114 valence electrons. The van der Waals surface area contributed by atoms with Crippen molar-refractivity contribution in [3.63, 3.8) is 0 Å². The first kappa shape index (κ1) is 15.8. The van der Waals surface area contributed by atoms with Crippen molar-refractivity contribution >= 4 is 11.6 Å². The maximum Gasteiger partial charge on any atom is 0.243 e. The number of ether oxygens (including phenoxy) is 1. The van der Waals surface area contributed by atoms with Crippen LogP contribution in [-0.4, -0.2) is 35.2 Å². The summed E-state index contributed by atoms with van der Waals surface area (Å²) in [6, 6.07) is 7.41. The zero-order valence-corrected chi connectivity index (χ0v) is 13.3. The van der Waals surface area contributed by atoms with E-state index in [1.54, 1.807) is 0 Å². The Morgan fingerprint density at radius 2 is 2.05 bits per heavy atom. The fourth-order valence-corrected chi connectivity index (χ4v) is 1.93. The van der Waals surface area contributed by atoms with Crippen LogP contribution in [0.15, 0.2) is 28.8 Å². The molecule has 0 radical (unpaired) electrons. The van der Waals surface area contributed by atoms with Crippen LogP contribution >= 0.6 is 11.6 Å². The molecule has 0 bridgehead atoms. The van der Waals surface area contributed by atoms with Crippen molar-refractivity contribution in [2.24, 2.45) is 0 Å². The molecule has 1 aromatic carbocycles. The molecule has 0 aliphatic rings. The predicted molar refractivity (Wildman–Crippen MR) is 81.7 cm³/mol. The van der Waals surface area contributed by atoms with Gasteiger partial charge in [-0.3, -0.25) is 4.90 Å². The van der Waals surface area contributed by atoms with Crippen molar-refractivity contribution in [3.05, 3.63) is 41.0 Å². The molecule has 1 aromatic heterocycles. The lowest BCUT2D eigenvalue weighted by Crippen LogP contribution is -2.27. The highest BCUT2D eigenvalue weighted by atomic mass is 35.5. The summed E-state index contributed by atoms with van der Waals surface area (Å²) >= 11 is 5.83. The minimum Gasteiger partial charge on any atom is -0.492 e. The van der Waals surface area contributed by atoms with E-state index in [2.05, 4.69) is 15.0 Å². The standard InChI is InChI=1S/C15H20ClN3O2/c1-4-14-17-15(21-18-14)11(2)19(3)9-10-20-13-7-5-12(16)6-8-13/h5-8,11H,4,9-10H2,1-3H3/t11-/m1/s1. The van der Waals surface area contributed by atoms with Crippen molar-refractivity contribution in [2.45, 2.75) is 26.3 Å². The van der Waals surface area contributed by atoms with Gasteiger partial charge in [0, 0.05) is 18.0 Å². The highest BCUT2D eigenvalue weighted by molar-refractivity contribution is 6.30. The molecular weight excluding hydrogens is 290 g/mol. The fraction of sp³-hybridized carbons (Fsp3) is 0.467. The van der Waals surface area contributed by atoms with Gasteiger partial charge in [0.15, 0.2) is 5.82 Å². The number of benzene rings is 1. The molecule has 21 heavy (non-hydrogen) atoms. The maximum atomic E-state index is 5.83. The first-order valence-corrected chi connectivity index (χ1v) is 7.39.